The van der Waals surface area contributed by atoms with Gasteiger partial charge in [0.25, 0.3) is 0 Å². The SMILES string of the molecule is C=CC(=O)OCC1CCCO1.C=CC(=O)OCCCCCCCCCCCCC.C=CC(=O)OCCOCCOCCOCCO.OCCOCCOCCO. The van der Waals surface area contributed by atoms with Gasteiger partial charge in [-0.2, -0.15) is 0 Å². The Bertz CT molecular complexity index is 858. The largest absolute Gasteiger partial charge is 0.463 e. The molecule has 0 aromatic rings. The molecule has 1 heterocycles. The fraction of sp³-hybridized carbons (Fsp3) is 0.780. The monoisotopic (exact) mass is 809 g/mol. The molecule has 0 spiro atoms. The summed E-state index contributed by atoms with van der Waals surface area (Å²) < 4.78 is 44.7. The lowest BCUT2D eigenvalue weighted by molar-refractivity contribution is -0.141. The second-order valence-electron chi connectivity index (χ2n) is 12.0. The Morgan fingerprint density at radius 1 is 0.518 bits per heavy atom. The molecule has 3 N–H and O–H groups in total. The topological polar surface area (TPSA) is 195 Å². The Morgan fingerprint density at radius 3 is 1.25 bits per heavy atom. The predicted octanol–water partition coefficient (Wildman–Crippen LogP) is 4.68. The van der Waals surface area contributed by atoms with Crippen molar-refractivity contribution in [1.82, 2.24) is 0 Å². The van der Waals surface area contributed by atoms with E-state index >= 15 is 0 Å². The van der Waals surface area contributed by atoms with Crippen LogP contribution in [0.1, 0.15) is 90.4 Å². The second-order valence-corrected chi connectivity index (χ2v) is 12.0. The van der Waals surface area contributed by atoms with Crippen molar-refractivity contribution in [2.45, 2.75) is 96.5 Å². The first kappa shape index (κ1) is 57.6. The van der Waals surface area contributed by atoms with Crippen LogP contribution in [0.2, 0.25) is 0 Å². The van der Waals surface area contributed by atoms with E-state index in [1.807, 2.05) is 0 Å². The fourth-order valence-electron chi connectivity index (χ4n) is 4.33. The van der Waals surface area contributed by atoms with Crippen molar-refractivity contribution >= 4 is 17.9 Å². The highest BCUT2D eigenvalue weighted by atomic mass is 16.6. The van der Waals surface area contributed by atoms with E-state index in [9.17, 15) is 14.4 Å². The number of aliphatic hydroxyl groups is 3. The summed E-state index contributed by atoms with van der Waals surface area (Å²) in [6.45, 7) is 18.3. The van der Waals surface area contributed by atoms with Crippen molar-refractivity contribution in [3.63, 3.8) is 0 Å². The number of unbranched alkanes of at least 4 members (excludes halogenated alkanes) is 10. The van der Waals surface area contributed by atoms with Crippen LogP contribution in [-0.2, 0) is 57.0 Å². The van der Waals surface area contributed by atoms with Gasteiger partial charge in [0, 0.05) is 24.8 Å². The van der Waals surface area contributed by atoms with Crippen LogP contribution in [0.25, 0.3) is 0 Å². The third-order valence-corrected chi connectivity index (χ3v) is 7.22. The van der Waals surface area contributed by atoms with Gasteiger partial charge < -0.3 is 58.0 Å². The molecule has 0 bridgehead atoms. The Labute approximate surface area is 336 Å². The zero-order valence-electron chi connectivity index (χ0n) is 34.4. The first-order valence-corrected chi connectivity index (χ1v) is 20.1. The molecule has 15 heteroatoms. The molecule has 1 rings (SSSR count). The summed E-state index contributed by atoms with van der Waals surface area (Å²) in [6, 6.07) is 0. The maximum absolute atomic E-state index is 10.8. The predicted molar refractivity (Wildman–Crippen MR) is 214 cm³/mol. The summed E-state index contributed by atoms with van der Waals surface area (Å²) in [5.41, 5.74) is 0. The molecule has 1 fully saturated rings. The van der Waals surface area contributed by atoms with Crippen molar-refractivity contribution in [3.05, 3.63) is 38.0 Å². The van der Waals surface area contributed by atoms with Crippen LogP contribution >= 0.6 is 0 Å². The van der Waals surface area contributed by atoms with Crippen LogP contribution in [0.4, 0.5) is 0 Å². The van der Waals surface area contributed by atoms with Gasteiger partial charge in [0.15, 0.2) is 0 Å². The molecule has 15 nitrogen and oxygen atoms in total. The second kappa shape index (κ2) is 52.3. The van der Waals surface area contributed by atoms with Gasteiger partial charge in [-0.3, -0.25) is 0 Å². The Kier molecular flexibility index (Phi) is 53.8. The molecule has 0 radical (unpaired) electrons. The summed E-state index contributed by atoms with van der Waals surface area (Å²) in [5, 5.41) is 24.9. The highest BCUT2D eigenvalue weighted by Gasteiger charge is 2.16. The summed E-state index contributed by atoms with van der Waals surface area (Å²) in [6.07, 6.45) is 20.1. The average molecular weight is 809 g/mol. The van der Waals surface area contributed by atoms with E-state index in [2.05, 4.69) is 26.7 Å². The number of carbonyl (C=O) groups is 3. The van der Waals surface area contributed by atoms with Crippen molar-refractivity contribution in [3.8, 4) is 0 Å². The normalized spacial score (nSPS) is 12.8. The summed E-state index contributed by atoms with van der Waals surface area (Å²) in [5.74, 6) is -1.13. The number of hydrogen-bond acceptors (Lipinski definition) is 15. The quantitative estimate of drug-likeness (QED) is 0.0345. The van der Waals surface area contributed by atoms with Gasteiger partial charge in [0.05, 0.1) is 98.6 Å². The van der Waals surface area contributed by atoms with Crippen molar-refractivity contribution in [1.29, 1.82) is 0 Å². The molecule has 1 atom stereocenters. The number of esters is 3. The maximum Gasteiger partial charge on any atom is 0.330 e. The first-order chi connectivity index (χ1) is 27.4. The van der Waals surface area contributed by atoms with Crippen molar-refractivity contribution in [2.75, 3.05) is 112 Å². The molecule has 1 aliphatic rings. The standard InChI is InChI=1S/C16H30O2.C11H20O6.C8H12O3.C6H14O4/c1-3-5-6-7-8-9-10-11-12-13-14-15-18-16(17)4-2;1-2-11(13)17-10-9-16-8-7-15-6-5-14-4-3-12;1-2-8(9)11-6-7-4-3-5-10-7;7-1-3-9-5-6-10-4-2-8/h4H,2-3,5-15H2,1H3;2,12H,1,3-10H2;2,7H,1,3-6H2;7-8H,1-6H2. The van der Waals surface area contributed by atoms with E-state index in [1.165, 1.54) is 70.3 Å². The van der Waals surface area contributed by atoms with E-state index in [0.29, 0.717) is 79.3 Å². The highest BCUT2D eigenvalue weighted by Crippen LogP contribution is 2.12. The molecule has 0 saturated carbocycles. The summed E-state index contributed by atoms with van der Waals surface area (Å²) >= 11 is 0. The number of rotatable bonds is 35. The fourth-order valence-corrected chi connectivity index (χ4v) is 4.33. The molecule has 0 aromatic carbocycles. The van der Waals surface area contributed by atoms with E-state index in [-0.39, 0.29) is 44.5 Å². The van der Waals surface area contributed by atoms with Gasteiger partial charge in [-0.1, -0.05) is 90.9 Å². The van der Waals surface area contributed by atoms with Gasteiger partial charge >= 0.3 is 17.9 Å². The lowest BCUT2D eigenvalue weighted by Gasteiger charge is -2.07. The first-order valence-electron chi connectivity index (χ1n) is 20.1. The molecule has 0 aromatic heterocycles. The van der Waals surface area contributed by atoms with Crippen LogP contribution in [0.3, 0.4) is 0 Å². The minimum Gasteiger partial charge on any atom is -0.463 e. The minimum atomic E-state index is -0.453. The van der Waals surface area contributed by atoms with Gasteiger partial charge in [0.2, 0.25) is 0 Å². The lowest BCUT2D eigenvalue weighted by atomic mass is 10.1. The smallest absolute Gasteiger partial charge is 0.330 e. The van der Waals surface area contributed by atoms with Crippen LogP contribution < -0.4 is 0 Å². The Morgan fingerprint density at radius 2 is 0.875 bits per heavy atom. The zero-order valence-corrected chi connectivity index (χ0v) is 34.4. The van der Waals surface area contributed by atoms with Gasteiger partial charge in [-0.05, 0) is 19.3 Å². The van der Waals surface area contributed by atoms with Crippen LogP contribution in [0.15, 0.2) is 38.0 Å². The van der Waals surface area contributed by atoms with Crippen LogP contribution in [0, 0.1) is 0 Å². The third-order valence-electron chi connectivity index (χ3n) is 7.22. The molecule has 0 aliphatic carbocycles. The van der Waals surface area contributed by atoms with Crippen LogP contribution in [-0.4, -0.2) is 152 Å². The number of hydrogen-bond donors (Lipinski definition) is 3. The highest BCUT2D eigenvalue weighted by molar-refractivity contribution is 5.81. The van der Waals surface area contributed by atoms with Crippen LogP contribution in [0.5, 0.6) is 0 Å². The lowest BCUT2D eigenvalue weighted by Crippen LogP contribution is -2.16. The molecule has 1 unspecified atom stereocenters. The average Bonchev–Trinajstić information content (AvgIpc) is 3.75. The van der Waals surface area contributed by atoms with Crippen molar-refractivity contribution < 1.29 is 72.3 Å². The van der Waals surface area contributed by atoms with Gasteiger partial charge in [-0.15, -0.1) is 0 Å². The van der Waals surface area contributed by atoms with E-state index in [1.54, 1.807) is 0 Å². The molecular weight excluding hydrogens is 732 g/mol. The summed E-state index contributed by atoms with van der Waals surface area (Å²) in [7, 11) is 0. The number of aliphatic hydroxyl groups excluding tert-OH is 3. The van der Waals surface area contributed by atoms with E-state index in [4.69, 9.17) is 58.0 Å². The van der Waals surface area contributed by atoms with E-state index < -0.39 is 5.97 Å². The molecule has 1 saturated heterocycles. The molecule has 1 aliphatic heterocycles. The molecule has 56 heavy (non-hydrogen) atoms. The molecule has 330 valence electrons. The van der Waals surface area contributed by atoms with Gasteiger partial charge in [0.1, 0.15) is 13.2 Å². The van der Waals surface area contributed by atoms with Gasteiger partial charge in [-0.25, -0.2) is 14.4 Å². The van der Waals surface area contributed by atoms with E-state index in [0.717, 1.165) is 38.0 Å². The maximum atomic E-state index is 10.8. The minimum absolute atomic E-state index is 0.0204. The number of ether oxygens (including phenoxy) is 9. The van der Waals surface area contributed by atoms with Crippen molar-refractivity contribution in [2.24, 2.45) is 0 Å². The zero-order chi connectivity index (χ0) is 42.0. The molecular formula is C41H76O15. The third kappa shape index (κ3) is 53.4. The molecule has 0 amide bonds. The Hall–Kier alpha value is -2.73. The number of carbonyl (C=O) groups excluding carboxylic acids is 3. The Balaban J connectivity index is -0.000000688. The summed E-state index contributed by atoms with van der Waals surface area (Å²) in [4.78, 5) is 31.9.